The number of carbonyl (C=O) groups excluding carboxylic acids is 1. The van der Waals surface area contributed by atoms with Crippen molar-refractivity contribution >= 4 is 17.2 Å². The van der Waals surface area contributed by atoms with E-state index in [0.717, 1.165) is 36.3 Å². The minimum atomic E-state index is 0.146. The highest BCUT2D eigenvalue weighted by atomic mass is 32.1. The van der Waals surface area contributed by atoms with E-state index in [1.165, 1.54) is 12.8 Å². The zero-order valence-corrected chi connectivity index (χ0v) is 13.4. The minimum Gasteiger partial charge on any atom is -0.331 e. The lowest BCUT2D eigenvalue weighted by atomic mass is 10.2. The Kier molecular flexibility index (Phi) is 3.70. The molecule has 0 saturated heterocycles. The average molecular weight is 312 g/mol. The molecule has 4 heteroatoms. The fourth-order valence-electron chi connectivity index (χ4n) is 3.38. The highest BCUT2D eigenvalue weighted by Gasteiger charge is 2.39. The van der Waals surface area contributed by atoms with Crippen molar-refractivity contribution in [2.24, 2.45) is 0 Å². The molecule has 2 aliphatic carbocycles. The number of aromatic nitrogens is 1. The van der Waals surface area contributed by atoms with Gasteiger partial charge in [-0.3, -0.25) is 4.79 Å². The molecule has 0 N–H and O–H groups in total. The summed E-state index contributed by atoms with van der Waals surface area (Å²) < 4.78 is 0. The molecule has 0 radical (unpaired) electrons. The van der Waals surface area contributed by atoms with Crippen molar-refractivity contribution in [3.63, 3.8) is 0 Å². The van der Waals surface area contributed by atoms with E-state index < -0.39 is 0 Å². The topological polar surface area (TPSA) is 33.2 Å². The number of hydrogen-bond acceptors (Lipinski definition) is 3. The predicted octanol–water partition coefficient (Wildman–Crippen LogP) is 4.36. The van der Waals surface area contributed by atoms with Gasteiger partial charge in [0.15, 0.2) is 0 Å². The molecule has 2 aromatic rings. The molecule has 2 aliphatic rings. The van der Waals surface area contributed by atoms with Crippen LogP contribution in [0.4, 0.5) is 0 Å². The van der Waals surface area contributed by atoms with Crippen LogP contribution in [0.1, 0.15) is 49.0 Å². The van der Waals surface area contributed by atoms with E-state index >= 15 is 0 Å². The van der Waals surface area contributed by atoms with Crippen molar-refractivity contribution < 1.29 is 4.79 Å². The fourth-order valence-corrected chi connectivity index (χ4v) is 4.18. The lowest BCUT2D eigenvalue weighted by Crippen LogP contribution is -2.40. The zero-order chi connectivity index (χ0) is 14.9. The molecule has 114 valence electrons. The van der Waals surface area contributed by atoms with E-state index in [-0.39, 0.29) is 5.91 Å². The molecule has 0 unspecified atom stereocenters. The Morgan fingerprint density at radius 3 is 2.41 bits per heavy atom. The van der Waals surface area contributed by atoms with Gasteiger partial charge in [0.1, 0.15) is 10.7 Å². The van der Waals surface area contributed by atoms with Crippen LogP contribution in [0, 0.1) is 0 Å². The molecule has 22 heavy (non-hydrogen) atoms. The molecule has 0 bridgehead atoms. The van der Waals surface area contributed by atoms with Gasteiger partial charge in [0.2, 0.25) is 0 Å². The lowest BCUT2D eigenvalue weighted by molar-refractivity contribution is 0.0659. The van der Waals surface area contributed by atoms with Gasteiger partial charge in [-0.2, -0.15) is 0 Å². The van der Waals surface area contributed by atoms with Crippen LogP contribution in [0.25, 0.3) is 10.6 Å². The number of benzene rings is 1. The number of hydrogen-bond donors (Lipinski definition) is 0. The van der Waals surface area contributed by atoms with Crippen molar-refractivity contribution in [1.29, 1.82) is 0 Å². The molecule has 2 saturated carbocycles. The first-order chi connectivity index (χ1) is 10.8. The van der Waals surface area contributed by atoms with Gasteiger partial charge in [0.05, 0.1) is 0 Å². The molecule has 1 aromatic carbocycles. The van der Waals surface area contributed by atoms with Crippen LogP contribution in [0.3, 0.4) is 0 Å². The maximum absolute atomic E-state index is 12.9. The SMILES string of the molecule is O=C(c1csc(-c2ccccc2)n1)N(C1CCCC1)C1CC1. The molecule has 4 rings (SSSR count). The number of thiazole rings is 1. The van der Waals surface area contributed by atoms with Gasteiger partial charge in [-0.05, 0) is 25.7 Å². The maximum Gasteiger partial charge on any atom is 0.273 e. The third kappa shape index (κ3) is 2.68. The van der Waals surface area contributed by atoms with Crippen LogP contribution in [-0.4, -0.2) is 27.9 Å². The van der Waals surface area contributed by atoms with E-state index in [0.29, 0.717) is 17.8 Å². The highest BCUT2D eigenvalue weighted by molar-refractivity contribution is 7.13. The summed E-state index contributed by atoms with van der Waals surface area (Å²) in [6.45, 7) is 0. The van der Waals surface area contributed by atoms with E-state index in [2.05, 4.69) is 9.88 Å². The minimum absolute atomic E-state index is 0.146. The Labute approximate surface area is 135 Å². The van der Waals surface area contributed by atoms with Crippen LogP contribution >= 0.6 is 11.3 Å². The molecular formula is C18H20N2OS. The third-order valence-electron chi connectivity index (χ3n) is 4.64. The van der Waals surface area contributed by atoms with Crippen molar-refractivity contribution in [3.05, 3.63) is 41.4 Å². The van der Waals surface area contributed by atoms with E-state index in [9.17, 15) is 4.79 Å². The smallest absolute Gasteiger partial charge is 0.273 e. The Hall–Kier alpha value is -1.68. The lowest BCUT2D eigenvalue weighted by Gasteiger charge is -2.28. The van der Waals surface area contributed by atoms with Crippen molar-refractivity contribution in [2.75, 3.05) is 0 Å². The molecule has 1 heterocycles. The van der Waals surface area contributed by atoms with Gasteiger partial charge < -0.3 is 4.90 Å². The molecule has 0 aliphatic heterocycles. The molecule has 1 aromatic heterocycles. The summed E-state index contributed by atoms with van der Waals surface area (Å²) in [5.41, 5.74) is 1.72. The van der Waals surface area contributed by atoms with Gasteiger partial charge in [0, 0.05) is 23.0 Å². The van der Waals surface area contributed by atoms with E-state index in [4.69, 9.17) is 0 Å². The summed E-state index contributed by atoms with van der Waals surface area (Å²) in [6.07, 6.45) is 7.17. The monoisotopic (exact) mass is 312 g/mol. The first kappa shape index (κ1) is 13.9. The maximum atomic E-state index is 12.9. The summed E-state index contributed by atoms with van der Waals surface area (Å²) in [5, 5.41) is 2.86. The third-order valence-corrected chi connectivity index (χ3v) is 5.53. The summed E-state index contributed by atoms with van der Waals surface area (Å²) in [5.74, 6) is 0.146. The van der Waals surface area contributed by atoms with Gasteiger partial charge in [0.25, 0.3) is 5.91 Å². The fraction of sp³-hybridized carbons (Fsp3) is 0.444. The summed E-state index contributed by atoms with van der Waals surface area (Å²) >= 11 is 1.56. The number of amides is 1. The first-order valence-corrected chi connectivity index (χ1v) is 9.04. The van der Waals surface area contributed by atoms with Gasteiger partial charge in [-0.15, -0.1) is 11.3 Å². The van der Waals surface area contributed by atoms with Crippen LogP contribution < -0.4 is 0 Å². The zero-order valence-electron chi connectivity index (χ0n) is 12.6. The number of nitrogens with zero attached hydrogens (tertiary/aromatic N) is 2. The van der Waals surface area contributed by atoms with Crippen LogP contribution in [-0.2, 0) is 0 Å². The second kappa shape index (κ2) is 5.84. The number of rotatable bonds is 4. The average Bonchev–Trinajstić information content (AvgIpc) is 3.06. The quantitative estimate of drug-likeness (QED) is 0.840. The van der Waals surface area contributed by atoms with Crippen LogP contribution in [0.5, 0.6) is 0 Å². The molecule has 3 nitrogen and oxygen atoms in total. The second-order valence-electron chi connectivity index (χ2n) is 6.29. The largest absolute Gasteiger partial charge is 0.331 e. The Balaban J connectivity index is 1.58. The summed E-state index contributed by atoms with van der Waals surface area (Å²) in [4.78, 5) is 19.7. The molecule has 0 spiro atoms. The van der Waals surface area contributed by atoms with Crippen LogP contribution in [0.2, 0.25) is 0 Å². The van der Waals surface area contributed by atoms with Gasteiger partial charge in [-0.25, -0.2) is 4.98 Å². The predicted molar refractivity (Wildman–Crippen MR) is 89.0 cm³/mol. The Morgan fingerprint density at radius 1 is 1.05 bits per heavy atom. The Bertz CT molecular complexity index is 657. The van der Waals surface area contributed by atoms with Gasteiger partial charge in [-0.1, -0.05) is 43.2 Å². The molecular weight excluding hydrogens is 292 g/mol. The molecule has 1 amide bonds. The second-order valence-corrected chi connectivity index (χ2v) is 7.14. The molecule has 2 fully saturated rings. The summed E-state index contributed by atoms with van der Waals surface area (Å²) in [6, 6.07) is 11.0. The van der Waals surface area contributed by atoms with Crippen LogP contribution in [0.15, 0.2) is 35.7 Å². The highest BCUT2D eigenvalue weighted by Crippen LogP contribution is 2.36. The van der Waals surface area contributed by atoms with E-state index in [1.807, 2.05) is 35.7 Å². The van der Waals surface area contributed by atoms with E-state index in [1.54, 1.807) is 11.3 Å². The van der Waals surface area contributed by atoms with Crippen molar-refractivity contribution in [3.8, 4) is 10.6 Å². The molecule has 0 atom stereocenters. The number of carbonyl (C=O) groups is 1. The normalized spacial score (nSPS) is 18.5. The first-order valence-electron chi connectivity index (χ1n) is 8.16. The van der Waals surface area contributed by atoms with Gasteiger partial charge >= 0.3 is 0 Å². The Morgan fingerprint density at radius 2 is 1.73 bits per heavy atom. The summed E-state index contributed by atoms with van der Waals surface area (Å²) in [7, 11) is 0. The van der Waals surface area contributed by atoms with Crippen molar-refractivity contribution in [1.82, 2.24) is 9.88 Å². The standard InChI is InChI=1S/C18H20N2OS/c21-18(20(15-10-11-15)14-8-4-5-9-14)16-12-22-17(19-16)13-6-2-1-3-7-13/h1-3,6-7,12,14-15H,4-5,8-11H2. The van der Waals surface area contributed by atoms with Crippen molar-refractivity contribution in [2.45, 2.75) is 50.6 Å².